The average Bonchev–Trinajstić information content (AvgIpc) is 3.10. The van der Waals surface area contributed by atoms with Gasteiger partial charge in [0.05, 0.1) is 5.56 Å². The molecule has 3 rings (SSSR count). The summed E-state index contributed by atoms with van der Waals surface area (Å²) in [5.41, 5.74) is 5.61. The summed E-state index contributed by atoms with van der Waals surface area (Å²) in [4.78, 5) is 28.4. The van der Waals surface area contributed by atoms with E-state index in [9.17, 15) is 9.59 Å². The van der Waals surface area contributed by atoms with Gasteiger partial charge in [-0.1, -0.05) is 12.1 Å². The fourth-order valence-corrected chi connectivity index (χ4v) is 2.75. The summed E-state index contributed by atoms with van der Waals surface area (Å²) < 4.78 is 8.16. The molecule has 0 aliphatic carbocycles. The standard InChI is InChI=1S/C19H17BrN4O3/c1-24-11-10-21-17(24)12-27-14-8-6-13(7-9-14)18(25)22-23-19(26)15-4-2-3-5-16(15)20/h2-11H,12H2,1H3,(H,22,25)(H,23,26). The molecular formula is C19H17BrN4O3. The third kappa shape index (κ3) is 4.73. The molecule has 1 heterocycles. The molecule has 7 nitrogen and oxygen atoms in total. The predicted molar refractivity (Wildman–Crippen MR) is 103 cm³/mol. The zero-order chi connectivity index (χ0) is 19.2. The van der Waals surface area contributed by atoms with Crippen LogP contribution in [0.4, 0.5) is 0 Å². The van der Waals surface area contributed by atoms with E-state index in [-0.39, 0.29) is 0 Å². The second-order valence-corrected chi connectivity index (χ2v) is 6.51. The van der Waals surface area contributed by atoms with Crippen molar-refractivity contribution in [3.63, 3.8) is 0 Å². The van der Waals surface area contributed by atoms with Crippen molar-refractivity contribution in [3.05, 3.63) is 82.3 Å². The Hall–Kier alpha value is -3.13. The highest BCUT2D eigenvalue weighted by atomic mass is 79.9. The highest BCUT2D eigenvalue weighted by molar-refractivity contribution is 9.10. The molecule has 0 radical (unpaired) electrons. The third-order valence-corrected chi connectivity index (χ3v) is 4.50. The first-order valence-electron chi connectivity index (χ1n) is 8.09. The normalized spacial score (nSPS) is 10.3. The number of ether oxygens (including phenoxy) is 1. The number of hydrogen-bond donors (Lipinski definition) is 2. The Morgan fingerprint density at radius 3 is 2.44 bits per heavy atom. The van der Waals surface area contributed by atoms with Gasteiger partial charge in [-0.2, -0.15) is 0 Å². The van der Waals surface area contributed by atoms with Gasteiger partial charge in [-0.05, 0) is 52.3 Å². The minimum absolute atomic E-state index is 0.330. The van der Waals surface area contributed by atoms with Crippen molar-refractivity contribution in [1.29, 1.82) is 0 Å². The van der Waals surface area contributed by atoms with Gasteiger partial charge in [0.2, 0.25) is 0 Å². The van der Waals surface area contributed by atoms with Crippen molar-refractivity contribution in [1.82, 2.24) is 20.4 Å². The number of hydrazine groups is 1. The van der Waals surface area contributed by atoms with E-state index >= 15 is 0 Å². The van der Waals surface area contributed by atoms with E-state index in [0.29, 0.717) is 28.0 Å². The minimum atomic E-state index is -0.425. The molecule has 1 aromatic heterocycles. The lowest BCUT2D eigenvalue weighted by Gasteiger charge is -2.09. The monoisotopic (exact) mass is 428 g/mol. The fourth-order valence-electron chi connectivity index (χ4n) is 2.28. The number of hydrogen-bond acceptors (Lipinski definition) is 4. The second-order valence-electron chi connectivity index (χ2n) is 5.66. The number of benzene rings is 2. The van der Waals surface area contributed by atoms with Gasteiger partial charge < -0.3 is 9.30 Å². The predicted octanol–water partition coefficient (Wildman–Crippen LogP) is 2.84. The Labute approximate surface area is 164 Å². The molecule has 0 aliphatic rings. The molecule has 0 saturated carbocycles. The molecule has 2 aromatic carbocycles. The van der Waals surface area contributed by atoms with E-state index in [1.165, 1.54) is 0 Å². The highest BCUT2D eigenvalue weighted by Gasteiger charge is 2.11. The molecule has 0 bridgehead atoms. The van der Waals surface area contributed by atoms with Crippen molar-refractivity contribution in [3.8, 4) is 5.75 Å². The van der Waals surface area contributed by atoms with E-state index in [4.69, 9.17) is 4.74 Å². The Balaban J connectivity index is 1.53. The van der Waals surface area contributed by atoms with E-state index in [2.05, 4.69) is 31.8 Å². The van der Waals surface area contributed by atoms with Crippen LogP contribution >= 0.6 is 15.9 Å². The van der Waals surface area contributed by atoms with Crippen LogP contribution in [-0.2, 0) is 13.7 Å². The van der Waals surface area contributed by atoms with Gasteiger partial charge in [-0.3, -0.25) is 20.4 Å². The first-order valence-corrected chi connectivity index (χ1v) is 8.88. The van der Waals surface area contributed by atoms with Crippen LogP contribution in [0, 0.1) is 0 Å². The number of aromatic nitrogens is 2. The first kappa shape index (κ1) is 18.7. The summed E-state index contributed by atoms with van der Waals surface area (Å²) in [6.45, 7) is 0.330. The molecule has 0 unspecified atom stereocenters. The van der Waals surface area contributed by atoms with Crippen molar-refractivity contribution >= 4 is 27.7 Å². The number of aryl methyl sites for hydroxylation is 1. The van der Waals surface area contributed by atoms with Crippen molar-refractivity contribution < 1.29 is 14.3 Å². The van der Waals surface area contributed by atoms with Gasteiger partial charge in [0.25, 0.3) is 11.8 Å². The van der Waals surface area contributed by atoms with E-state index in [0.717, 1.165) is 5.82 Å². The summed E-state index contributed by atoms with van der Waals surface area (Å²) in [5, 5.41) is 0. The number of imidazole rings is 1. The number of rotatable bonds is 5. The maximum absolute atomic E-state index is 12.2. The molecular weight excluding hydrogens is 412 g/mol. The summed E-state index contributed by atoms with van der Waals surface area (Å²) in [6.07, 6.45) is 3.54. The van der Waals surface area contributed by atoms with Crippen LogP contribution in [0.15, 0.2) is 65.4 Å². The maximum Gasteiger partial charge on any atom is 0.270 e. The molecule has 0 atom stereocenters. The summed E-state index contributed by atoms with van der Waals surface area (Å²) in [6, 6.07) is 13.6. The second kappa shape index (κ2) is 8.50. The van der Waals surface area contributed by atoms with Crippen LogP contribution in [0.3, 0.4) is 0 Å². The molecule has 2 N–H and O–H groups in total. The number of amides is 2. The minimum Gasteiger partial charge on any atom is -0.486 e. The SMILES string of the molecule is Cn1ccnc1COc1ccc(C(=O)NNC(=O)c2ccccc2Br)cc1. The summed E-state index contributed by atoms with van der Waals surface area (Å²) >= 11 is 3.30. The highest BCUT2D eigenvalue weighted by Crippen LogP contribution is 2.16. The Morgan fingerprint density at radius 2 is 1.78 bits per heavy atom. The molecule has 0 fully saturated rings. The van der Waals surface area contributed by atoms with E-state index < -0.39 is 11.8 Å². The number of carbonyl (C=O) groups excluding carboxylic acids is 2. The molecule has 0 spiro atoms. The van der Waals surface area contributed by atoms with Gasteiger partial charge in [-0.15, -0.1) is 0 Å². The van der Waals surface area contributed by atoms with Gasteiger partial charge >= 0.3 is 0 Å². The summed E-state index contributed by atoms with van der Waals surface area (Å²) in [7, 11) is 1.89. The zero-order valence-corrected chi connectivity index (χ0v) is 16.1. The number of nitrogens with zero attached hydrogens (tertiary/aromatic N) is 2. The molecule has 8 heteroatoms. The Kier molecular flexibility index (Phi) is 5.87. The Morgan fingerprint density at radius 1 is 1.07 bits per heavy atom. The average molecular weight is 429 g/mol. The van der Waals surface area contributed by atoms with Crippen LogP contribution in [0.5, 0.6) is 5.75 Å². The first-order chi connectivity index (χ1) is 13.0. The lowest BCUT2D eigenvalue weighted by Crippen LogP contribution is -2.41. The number of carbonyl (C=O) groups is 2. The Bertz CT molecular complexity index is 954. The van der Waals surface area contributed by atoms with Gasteiger partial charge in [0, 0.05) is 29.5 Å². The zero-order valence-electron chi connectivity index (χ0n) is 14.5. The van der Waals surface area contributed by atoms with Crippen LogP contribution in [0.25, 0.3) is 0 Å². The van der Waals surface area contributed by atoms with Crippen LogP contribution in [0.2, 0.25) is 0 Å². The topological polar surface area (TPSA) is 85.2 Å². The van der Waals surface area contributed by atoms with E-state index in [1.54, 1.807) is 54.7 Å². The molecule has 27 heavy (non-hydrogen) atoms. The van der Waals surface area contributed by atoms with Crippen molar-refractivity contribution in [2.45, 2.75) is 6.61 Å². The largest absolute Gasteiger partial charge is 0.486 e. The van der Waals surface area contributed by atoms with Gasteiger partial charge in [0.1, 0.15) is 18.2 Å². The number of halogens is 1. The van der Waals surface area contributed by atoms with E-state index in [1.807, 2.05) is 17.8 Å². The van der Waals surface area contributed by atoms with Crippen LogP contribution in [0.1, 0.15) is 26.5 Å². The van der Waals surface area contributed by atoms with Gasteiger partial charge in [-0.25, -0.2) is 4.98 Å². The molecule has 138 valence electrons. The quantitative estimate of drug-likeness (QED) is 0.611. The van der Waals surface area contributed by atoms with Gasteiger partial charge in [0.15, 0.2) is 0 Å². The summed E-state index contributed by atoms with van der Waals surface area (Å²) in [5.74, 6) is 0.579. The van der Waals surface area contributed by atoms with Crippen molar-refractivity contribution in [2.24, 2.45) is 7.05 Å². The third-order valence-electron chi connectivity index (χ3n) is 3.81. The maximum atomic E-state index is 12.2. The number of nitrogens with one attached hydrogen (secondary N) is 2. The smallest absolute Gasteiger partial charge is 0.270 e. The van der Waals surface area contributed by atoms with Crippen LogP contribution in [-0.4, -0.2) is 21.4 Å². The van der Waals surface area contributed by atoms with Crippen LogP contribution < -0.4 is 15.6 Å². The fraction of sp³-hybridized carbons (Fsp3) is 0.105. The lowest BCUT2D eigenvalue weighted by molar-refractivity contribution is 0.0846. The molecule has 2 amide bonds. The lowest BCUT2D eigenvalue weighted by atomic mass is 10.2. The molecule has 3 aromatic rings. The van der Waals surface area contributed by atoms with Crippen molar-refractivity contribution in [2.75, 3.05) is 0 Å². The molecule has 0 saturated heterocycles. The molecule has 0 aliphatic heterocycles.